The summed E-state index contributed by atoms with van der Waals surface area (Å²) in [6.07, 6.45) is 2.02. The molecule has 0 aliphatic heterocycles. The molecule has 0 aliphatic carbocycles. The number of pyridine rings is 1. The lowest BCUT2D eigenvalue weighted by molar-refractivity contribution is 0.443. The van der Waals surface area contributed by atoms with Gasteiger partial charge in [0.25, 0.3) is 0 Å². The van der Waals surface area contributed by atoms with Crippen LogP contribution in [0.15, 0.2) is 24.4 Å². The normalized spacial score (nSPS) is 13.4. The summed E-state index contributed by atoms with van der Waals surface area (Å²) < 4.78 is 25.3. The molecule has 0 saturated heterocycles. The van der Waals surface area contributed by atoms with Crippen molar-refractivity contribution in [2.45, 2.75) is 13.3 Å². The maximum Gasteiger partial charge on any atom is 0.214 e. The van der Waals surface area contributed by atoms with Crippen LogP contribution in [0.4, 0.5) is 0 Å². The summed E-state index contributed by atoms with van der Waals surface area (Å²) in [5, 5.41) is 7.28. The van der Waals surface area contributed by atoms with Gasteiger partial charge in [-0.2, -0.15) is 0 Å². The molecule has 7 heteroatoms. The number of nitrogens with two attached hydrogens (primary N) is 1. The zero-order valence-corrected chi connectivity index (χ0v) is 12.0. The molecule has 1 aromatic heterocycles. The van der Waals surface area contributed by atoms with Gasteiger partial charge in [0, 0.05) is 37.8 Å². The zero-order valence-electron chi connectivity index (χ0n) is 11.2. The van der Waals surface area contributed by atoms with Crippen molar-refractivity contribution in [2.75, 3.05) is 19.3 Å². The second kappa shape index (κ2) is 6.63. The minimum Gasteiger partial charge on any atom is -0.387 e. The molecule has 1 aromatic rings. The van der Waals surface area contributed by atoms with E-state index in [2.05, 4.69) is 4.98 Å². The van der Waals surface area contributed by atoms with Crippen molar-refractivity contribution in [3.63, 3.8) is 0 Å². The van der Waals surface area contributed by atoms with Crippen LogP contribution in [0.3, 0.4) is 0 Å². The molecule has 0 fully saturated rings. The SMILES string of the molecule is CC(CN(C)S(=O)(=O)CCc1ccccn1)C(=N)N. The summed E-state index contributed by atoms with van der Waals surface area (Å²) in [5.74, 6) is -0.285. The smallest absolute Gasteiger partial charge is 0.214 e. The molecule has 0 aliphatic rings. The van der Waals surface area contributed by atoms with Crippen LogP contribution >= 0.6 is 0 Å². The van der Waals surface area contributed by atoms with Crippen LogP contribution in [0.25, 0.3) is 0 Å². The Balaban J connectivity index is 2.58. The fourth-order valence-corrected chi connectivity index (χ4v) is 2.76. The third-order valence-electron chi connectivity index (χ3n) is 2.88. The zero-order chi connectivity index (χ0) is 14.5. The molecule has 0 aromatic carbocycles. The van der Waals surface area contributed by atoms with E-state index in [0.29, 0.717) is 6.42 Å². The first-order chi connectivity index (χ1) is 8.83. The number of amidine groups is 1. The quantitative estimate of drug-likeness (QED) is 0.561. The molecule has 0 radical (unpaired) electrons. The van der Waals surface area contributed by atoms with Gasteiger partial charge in [-0.05, 0) is 12.1 Å². The molecule has 1 heterocycles. The summed E-state index contributed by atoms with van der Waals surface area (Å²) >= 11 is 0. The van der Waals surface area contributed by atoms with E-state index in [4.69, 9.17) is 11.1 Å². The number of aromatic nitrogens is 1. The van der Waals surface area contributed by atoms with Gasteiger partial charge in [0.05, 0.1) is 11.6 Å². The lowest BCUT2D eigenvalue weighted by atomic mass is 10.2. The van der Waals surface area contributed by atoms with Crippen LogP contribution in [0, 0.1) is 11.3 Å². The van der Waals surface area contributed by atoms with Gasteiger partial charge in [-0.3, -0.25) is 10.4 Å². The Morgan fingerprint density at radius 2 is 2.21 bits per heavy atom. The molecule has 0 saturated carbocycles. The molecule has 1 unspecified atom stereocenters. The lowest BCUT2D eigenvalue weighted by Crippen LogP contribution is -2.37. The third kappa shape index (κ3) is 4.96. The number of sulfonamides is 1. The van der Waals surface area contributed by atoms with Crippen molar-refractivity contribution in [3.05, 3.63) is 30.1 Å². The minimum absolute atomic E-state index is 0.00510. The monoisotopic (exact) mass is 284 g/mol. The molecule has 1 atom stereocenters. The molecule has 19 heavy (non-hydrogen) atoms. The number of hydrogen-bond acceptors (Lipinski definition) is 4. The predicted octanol–water partition coefficient (Wildman–Crippen LogP) is 0.458. The second-order valence-corrected chi connectivity index (χ2v) is 6.72. The van der Waals surface area contributed by atoms with E-state index in [1.165, 1.54) is 11.4 Å². The summed E-state index contributed by atoms with van der Waals surface area (Å²) in [6, 6.07) is 5.42. The molecule has 0 amide bonds. The second-order valence-electron chi connectivity index (χ2n) is 4.52. The van der Waals surface area contributed by atoms with Gasteiger partial charge in [-0.1, -0.05) is 13.0 Å². The number of hydrogen-bond donors (Lipinski definition) is 2. The van der Waals surface area contributed by atoms with Gasteiger partial charge in [0.2, 0.25) is 10.0 Å². The maximum absolute atomic E-state index is 12.0. The molecular weight excluding hydrogens is 264 g/mol. The summed E-state index contributed by atoms with van der Waals surface area (Å²) in [7, 11) is -1.84. The molecule has 6 nitrogen and oxygen atoms in total. The van der Waals surface area contributed by atoms with Crippen molar-refractivity contribution in [3.8, 4) is 0 Å². The fourth-order valence-electron chi connectivity index (χ4n) is 1.53. The van der Waals surface area contributed by atoms with E-state index in [1.807, 2.05) is 6.07 Å². The highest BCUT2D eigenvalue weighted by Gasteiger charge is 2.20. The predicted molar refractivity (Wildman–Crippen MR) is 75.4 cm³/mol. The first kappa shape index (κ1) is 15.6. The highest BCUT2D eigenvalue weighted by molar-refractivity contribution is 7.89. The van der Waals surface area contributed by atoms with E-state index in [-0.39, 0.29) is 24.1 Å². The Kier molecular flexibility index (Phi) is 5.44. The van der Waals surface area contributed by atoms with Crippen LogP contribution in [-0.4, -0.2) is 42.9 Å². The standard InChI is InChI=1S/C12H20N4O2S/c1-10(12(13)14)9-16(2)19(17,18)8-6-11-5-3-4-7-15-11/h3-5,7,10H,6,8-9H2,1-2H3,(H3,13,14). The summed E-state index contributed by atoms with van der Waals surface area (Å²) in [5.41, 5.74) is 6.09. The number of nitrogens with one attached hydrogen (secondary N) is 1. The summed E-state index contributed by atoms with van der Waals surface area (Å²) in [6.45, 7) is 1.95. The highest BCUT2D eigenvalue weighted by Crippen LogP contribution is 2.06. The highest BCUT2D eigenvalue weighted by atomic mass is 32.2. The van der Waals surface area contributed by atoms with Crippen molar-refractivity contribution in [1.82, 2.24) is 9.29 Å². The fraction of sp³-hybridized carbons (Fsp3) is 0.500. The molecule has 106 valence electrons. The first-order valence-corrected chi connectivity index (χ1v) is 7.61. The Bertz CT molecular complexity index is 516. The topological polar surface area (TPSA) is 100 Å². The Labute approximate surface area is 114 Å². The number of rotatable bonds is 7. The molecule has 0 bridgehead atoms. The van der Waals surface area contributed by atoms with Crippen LogP contribution < -0.4 is 5.73 Å². The molecular formula is C12H20N4O2S. The van der Waals surface area contributed by atoms with Gasteiger partial charge in [0.15, 0.2) is 0 Å². The van der Waals surface area contributed by atoms with E-state index in [1.54, 1.807) is 25.3 Å². The Morgan fingerprint density at radius 1 is 1.53 bits per heavy atom. The van der Waals surface area contributed by atoms with Crippen molar-refractivity contribution in [2.24, 2.45) is 11.7 Å². The van der Waals surface area contributed by atoms with Crippen molar-refractivity contribution in [1.29, 1.82) is 5.41 Å². The molecule has 0 spiro atoms. The van der Waals surface area contributed by atoms with Crippen LogP contribution in [-0.2, 0) is 16.4 Å². The van der Waals surface area contributed by atoms with E-state index in [0.717, 1.165) is 5.69 Å². The van der Waals surface area contributed by atoms with E-state index >= 15 is 0 Å². The Morgan fingerprint density at radius 3 is 2.74 bits per heavy atom. The average molecular weight is 284 g/mol. The third-order valence-corrected chi connectivity index (χ3v) is 4.70. The molecule has 3 N–H and O–H groups in total. The average Bonchev–Trinajstić information content (AvgIpc) is 2.37. The van der Waals surface area contributed by atoms with E-state index < -0.39 is 10.0 Å². The van der Waals surface area contributed by atoms with Gasteiger partial charge in [-0.25, -0.2) is 12.7 Å². The number of aryl methyl sites for hydroxylation is 1. The van der Waals surface area contributed by atoms with Gasteiger partial charge >= 0.3 is 0 Å². The minimum atomic E-state index is -3.35. The Hall–Kier alpha value is -1.47. The van der Waals surface area contributed by atoms with Gasteiger partial charge in [-0.15, -0.1) is 0 Å². The van der Waals surface area contributed by atoms with Gasteiger partial charge < -0.3 is 5.73 Å². The lowest BCUT2D eigenvalue weighted by Gasteiger charge is -2.20. The number of nitrogens with zero attached hydrogens (tertiary/aromatic N) is 2. The maximum atomic E-state index is 12.0. The van der Waals surface area contributed by atoms with Crippen LogP contribution in [0.1, 0.15) is 12.6 Å². The largest absolute Gasteiger partial charge is 0.387 e. The first-order valence-electron chi connectivity index (χ1n) is 6.01. The summed E-state index contributed by atoms with van der Waals surface area (Å²) in [4.78, 5) is 4.09. The van der Waals surface area contributed by atoms with Crippen molar-refractivity contribution < 1.29 is 8.42 Å². The van der Waals surface area contributed by atoms with Crippen LogP contribution in [0.5, 0.6) is 0 Å². The molecule has 1 rings (SSSR count). The van der Waals surface area contributed by atoms with Gasteiger partial charge in [0.1, 0.15) is 0 Å². The van der Waals surface area contributed by atoms with Crippen LogP contribution in [0.2, 0.25) is 0 Å². The van der Waals surface area contributed by atoms with E-state index in [9.17, 15) is 8.42 Å². The van der Waals surface area contributed by atoms with Crippen molar-refractivity contribution >= 4 is 15.9 Å².